The molecule has 2 aliphatic rings. The number of benzene rings is 2. The zero-order valence-electron chi connectivity index (χ0n) is 15.6. The molecule has 0 heterocycles. The summed E-state index contributed by atoms with van der Waals surface area (Å²) in [5, 5.41) is 0. The molecule has 3 heteroatoms. The third-order valence-electron chi connectivity index (χ3n) is 6.03. The van der Waals surface area contributed by atoms with Crippen LogP contribution in [0.5, 0.6) is 11.5 Å². The van der Waals surface area contributed by atoms with E-state index in [0.29, 0.717) is 17.9 Å². The minimum Gasteiger partial charge on any atom is -0.497 e. The first-order valence-corrected chi connectivity index (χ1v) is 9.85. The van der Waals surface area contributed by atoms with Crippen LogP contribution in [-0.2, 0) is 12.8 Å². The minimum atomic E-state index is 0.397. The Morgan fingerprint density at radius 2 is 1.88 bits per heavy atom. The van der Waals surface area contributed by atoms with Crippen LogP contribution >= 0.6 is 0 Å². The predicted molar refractivity (Wildman–Crippen MR) is 105 cm³/mol. The number of aryl methyl sites for hydroxylation is 1. The van der Waals surface area contributed by atoms with Gasteiger partial charge in [0.05, 0.1) is 13.7 Å². The molecule has 0 aromatic heterocycles. The molecule has 3 atom stereocenters. The first-order valence-electron chi connectivity index (χ1n) is 9.85. The van der Waals surface area contributed by atoms with E-state index in [0.717, 1.165) is 37.4 Å². The number of rotatable bonds is 5. The molecule has 2 N–H and O–H groups in total. The summed E-state index contributed by atoms with van der Waals surface area (Å²) in [6.45, 7) is 0.770. The zero-order valence-corrected chi connectivity index (χ0v) is 15.6. The molecule has 2 aromatic rings. The largest absolute Gasteiger partial charge is 0.497 e. The Kier molecular flexibility index (Phi) is 5.16. The van der Waals surface area contributed by atoms with Gasteiger partial charge in [-0.1, -0.05) is 24.3 Å². The highest BCUT2D eigenvalue weighted by Gasteiger charge is 2.25. The SMILES string of the molecule is COc1cccc(OC[C@H]2CCc3cc(C4CCC(N)C4)ccc3C2)c1. The fourth-order valence-corrected chi connectivity index (χ4v) is 4.47. The maximum atomic E-state index is 6.10. The average molecular weight is 351 g/mol. The van der Waals surface area contributed by atoms with Crippen LogP contribution in [0.3, 0.4) is 0 Å². The van der Waals surface area contributed by atoms with Crippen LogP contribution < -0.4 is 15.2 Å². The van der Waals surface area contributed by atoms with Crippen LogP contribution in [0, 0.1) is 5.92 Å². The quantitative estimate of drug-likeness (QED) is 0.864. The fraction of sp³-hybridized carbons (Fsp3) is 0.478. The number of fused-ring (bicyclic) bond motifs is 1. The molecule has 26 heavy (non-hydrogen) atoms. The van der Waals surface area contributed by atoms with Crippen molar-refractivity contribution in [3.8, 4) is 11.5 Å². The lowest BCUT2D eigenvalue weighted by Gasteiger charge is -2.26. The number of ether oxygens (including phenoxy) is 2. The molecule has 2 aliphatic carbocycles. The Labute approximate surface area is 156 Å². The third-order valence-corrected chi connectivity index (χ3v) is 6.03. The van der Waals surface area contributed by atoms with Crippen molar-refractivity contribution in [2.75, 3.05) is 13.7 Å². The molecule has 0 amide bonds. The minimum absolute atomic E-state index is 0.397. The second-order valence-electron chi connectivity index (χ2n) is 7.90. The Morgan fingerprint density at radius 1 is 1.00 bits per heavy atom. The first-order chi connectivity index (χ1) is 12.7. The summed E-state index contributed by atoms with van der Waals surface area (Å²) in [6.07, 6.45) is 7.04. The maximum Gasteiger partial charge on any atom is 0.122 e. The molecular weight excluding hydrogens is 322 g/mol. The van der Waals surface area contributed by atoms with Crippen LogP contribution in [0.4, 0.5) is 0 Å². The summed E-state index contributed by atoms with van der Waals surface area (Å²) in [7, 11) is 1.69. The van der Waals surface area contributed by atoms with Gasteiger partial charge in [0.25, 0.3) is 0 Å². The second kappa shape index (κ2) is 7.71. The first kappa shape index (κ1) is 17.4. The van der Waals surface area contributed by atoms with Crippen LogP contribution in [-0.4, -0.2) is 19.8 Å². The van der Waals surface area contributed by atoms with Crippen molar-refractivity contribution in [1.82, 2.24) is 0 Å². The molecule has 0 bridgehead atoms. The zero-order chi connectivity index (χ0) is 17.9. The summed E-state index contributed by atoms with van der Waals surface area (Å²) < 4.78 is 11.3. The Bertz CT molecular complexity index is 758. The lowest BCUT2D eigenvalue weighted by Crippen LogP contribution is -2.21. The van der Waals surface area contributed by atoms with Crippen LogP contribution in [0.15, 0.2) is 42.5 Å². The van der Waals surface area contributed by atoms with Gasteiger partial charge in [-0.3, -0.25) is 0 Å². The standard InChI is InChI=1S/C23H29NO2/c1-25-22-3-2-4-23(14-22)26-15-16-5-6-18-12-19(8-7-17(18)11-16)20-9-10-21(24)13-20/h2-4,7-8,12,14,16,20-21H,5-6,9-11,13,15,24H2,1H3/t16-,20?,21?/m0/s1. The monoisotopic (exact) mass is 351 g/mol. The van der Waals surface area contributed by atoms with E-state index in [-0.39, 0.29) is 0 Å². The van der Waals surface area contributed by atoms with Crippen LogP contribution in [0.2, 0.25) is 0 Å². The van der Waals surface area contributed by atoms with Crippen molar-refractivity contribution in [1.29, 1.82) is 0 Å². The van der Waals surface area contributed by atoms with E-state index < -0.39 is 0 Å². The van der Waals surface area contributed by atoms with Crippen LogP contribution in [0.25, 0.3) is 0 Å². The molecule has 0 saturated heterocycles. The molecule has 138 valence electrons. The normalized spacial score (nSPS) is 24.9. The van der Waals surface area contributed by atoms with E-state index in [1.807, 2.05) is 24.3 Å². The second-order valence-corrected chi connectivity index (χ2v) is 7.90. The van der Waals surface area contributed by atoms with E-state index in [1.165, 1.54) is 30.4 Å². The van der Waals surface area contributed by atoms with E-state index >= 15 is 0 Å². The summed E-state index contributed by atoms with van der Waals surface area (Å²) >= 11 is 0. The molecule has 0 spiro atoms. The number of hydrogen-bond acceptors (Lipinski definition) is 3. The van der Waals surface area contributed by atoms with Gasteiger partial charge >= 0.3 is 0 Å². The Balaban J connectivity index is 1.37. The summed E-state index contributed by atoms with van der Waals surface area (Å²) in [6, 6.07) is 15.4. The van der Waals surface area contributed by atoms with Crippen molar-refractivity contribution in [3.63, 3.8) is 0 Å². The van der Waals surface area contributed by atoms with Gasteiger partial charge in [-0.2, -0.15) is 0 Å². The number of nitrogens with two attached hydrogens (primary N) is 1. The van der Waals surface area contributed by atoms with Gasteiger partial charge in [-0.25, -0.2) is 0 Å². The van der Waals surface area contributed by atoms with Gasteiger partial charge in [0.15, 0.2) is 0 Å². The van der Waals surface area contributed by atoms with Crippen molar-refractivity contribution in [2.45, 2.75) is 50.5 Å². The van der Waals surface area contributed by atoms with Crippen LogP contribution in [0.1, 0.15) is 48.3 Å². The third kappa shape index (κ3) is 3.88. The molecule has 2 unspecified atom stereocenters. The van der Waals surface area contributed by atoms with Gasteiger partial charge < -0.3 is 15.2 Å². The van der Waals surface area contributed by atoms with Gasteiger partial charge in [0, 0.05) is 12.1 Å². The van der Waals surface area contributed by atoms with E-state index in [9.17, 15) is 0 Å². The number of hydrogen-bond donors (Lipinski definition) is 1. The van der Waals surface area contributed by atoms with Gasteiger partial charge in [0.1, 0.15) is 11.5 Å². The topological polar surface area (TPSA) is 44.5 Å². The van der Waals surface area contributed by atoms with Crippen molar-refractivity contribution in [2.24, 2.45) is 11.7 Å². The lowest BCUT2D eigenvalue weighted by molar-refractivity contribution is 0.233. The molecule has 3 nitrogen and oxygen atoms in total. The van der Waals surface area contributed by atoms with Crippen molar-refractivity contribution < 1.29 is 9.47 Å². The van der Waals surface area contributed by atoms with Crippen molar-refractivity contribution in [3.05, 3.63) is 59.2 Å². The summed E-state index contributed by atoms with van der Waals surface area (Å²) in [5.41, 5.74) is 10.6. The number of methoxy groups -OCH3 is 1. The summed E-state index contributed by atoms with van der Waals surface area (Å²) in [5.74, 6) is 2.99. The smallest absolute Gasteiger partial charge is 0.122 e. The molecule has 1 fully saturated rings. The molecule has 0 aliphatic heterocycles. The average Bonchev–Trinajstić information content (AvgIpc) is 3.12. The Morgan fingerprint density at radius 3 is 2.69 bits per heavy atom. The summed E-state index contributed by atoms with van der Waals surface area (Å²) in [4.78, 5) is 0. The fourth-order valence-electron chi connectivity index (χ4n) is 4.47. The molecule has 0 radical (unpaired) electrons. The molecule has 2 aromatic carbocycles. The molecule has 1 saturated carbocycles. The van der Waals surface area contributed by atoms with E-state index in [4.69, 9.17) is 15.2 Å². The van der Waals surface area contributed by atoms with E-state index in [2.05, 4.69) is 18.2 Å². The van der Waals surface area contributed by atoms with Gasteiger partial charge in [-0.15, -0.1) is 0 Å². The highest BCUT2D eigenvalue weighted by atomic mass is 16.5. The molecular formula is C23H29NO2. The highest BCUT2D eigenvalue weighted by Crippen LogP contribution is 2.36. The van der Waals surface area contributed by atoms with Gasteiger partial charge in [0.2, 0.25) is 0 Å². The Hall–Kier alpha value is -2.00. The lowest BCUT2D eigenvalue weighted by atomic mass is 9.82. The van der Waals surface area contributed by atoms with Gasteiger partial charge in [-0.05, 0) is 79.2 Å². The highest BCUT2D eigenvalue weighted by molar-refractivity contribution is 5.36. The maximum absolute atomic E-state index is 6.10. The molecule has 4 rings (SSSR count). The predicted octanol–water partition coefficient (Wildman–Crippen LogP) is 4.47. The van der Waals surface area contributed by atoms with E-state index in [1.54, 1.807) is 12.7 Å². The van der Waals surface area contributed by atoms with Crippen molar-refractivity contribution >= 4 is 0 Å².